The molecule has 0 amide bonds. The maximum atomic E-state index is 11.7. The van der Waals surface area contributed by atoms with Gasteiger partial charge in [0.25, 0.3) is 0 Å². The smallest absolute Gasteiger partial charge is 0.159 e. The molecule has 86 valence electrons. The van der Waals surface area contributed by atoms with E-state index >= 15 is 0 Å². The van der Waals surface area contributed by atoms with E-state index in [0.717, 1.165) is 12.2 Å². The lowest BCUT2D eigenvalue weighted by Gasteiger charge is -2.08. The third-order valence-electron chi connectivity index (χ3n) is 2.37. The topological polar surface area (TPSA) is 52.0 Å². The van der Waals surface area contributed by atoms with Gasteiger partial charge >= 0.3 is 0 Å². The van der Waals surface area contributed by atoms with E-state index in [1.54, 1.807) is 13.8 Å². The minimum Gasteiger partial charge on any atom is -0.334 e. The van der Waals surface area contributed by atoms with Crippen LogP contribution in [0.3, 0.4) is 0 Å². The molecule has 1 heterocycles. The molecule has 5 heteroatoms. The van der Waals surface area contributed by atoms with Crippen molar-refractivity contribution in [2.24, 2.45) is 0 Å². The van der Waals surface area contributed by atoms with Crippen LogP contribution < -0.4 is 0 Å². The van der Waals surface area contributed by atoms with E-state index in [9.17, 15) is 8.42 Å². The summed E-state index contributed by atoms with van der Waals surface area (Å²) in [6, 6.07) is 0. The summed E-state index contributed by atoms with van der Waals surface area (Å²) in [6.07, 6.45) is 1.88. The van der Waals surface area contributed by atoms with E-state index in [1.807, 2.05) is 24.6 Å². The fourth-order valence-electron chi connectivity index (χ4n) is 1.33. The van der Waals surface area contributed by atoms with Gasteiger partial charge in [-0.3, -0.25) is 0 Å². The Hall–Kier alpha value is -0.840. The highest BCUT2D eigenvalue weighted by molar-refractivity contribution is 7.91. The molecule has 0 aliphatic rings. The molecule has 0 saturated heterocycles. The van der Waals surface area contributed by atoms with Crippen LogP contribution in [0.5, 0.6) is 0 Å². The van der Waals surface area contributed by atoms with Crippen LogP contribution in [0.1, 0.15) is 32.3 Å². The molecule has 1 rings (SSSR count). The Kier molecular flexibility index (Phi) is 3.54. The van der Waals surface area contributed by atoms with Crippen LogP contribution in [0.2, 0.25) is 0 Å². The van der Waals surface area contributed by atoms with Gasteiger partial charge in [0.15, 0.2) is 9.84 Å². The number of imidazole rings is 1. The molecular formula is C10H18N2O2S. The van der Waals surface area contributed by atoms with Crippen LogP contribution >= 0.6 is 0 Å². The first-order chi connectivity index (χ1) is 6.86. The zero-order valence-electron chi connectivity index (χ0n) is 9.69. The van der Waals surface area contributed by atoms with Gasteiger partial charge in [-0.05, 0) is 27.7 Å². The molecule has 0 N–H and O–H groups in total. The van der Waals surface area contributed by atoms with Crippen molar-refractivity contribution in [2.45, 2.75) is 45.2 Å². The molecular weight excluding hydrogens is 212 g/mol. The normalized spacial score (nSPS) is 12.3. The number of aromatic nitrogens is 2. The lowest BCUT2D eigenvalue weighted by Crippen LogP contribution is -2.18. The average molecular weight is 230 g/mol. The van der Waals surface area contributed by atoms with Gasteiger partial charge in [-0.2, -0.15) is 0 Å². The summed E-state index contributed by atoms with van der Waals surface area (Å²) in [5, 5.41) is -0.347. The van der Waals surface area contributed by atoms with Crippen LogP contribution in [0.25, 0.3) is 0 Å². The number of aryl methyl sites for hydroxylation is 2. The fourth-order valence-corrected chi connectivity index (χ4v) is 2.26. The molecule has 0 radical (unpaired) electrons. The highest BCUT2D eigenvalue weighted by Crippen LogP contribution is 2.11. The quantitative estimate of drug-likeness (QED) is 0.788. The van der Waals surface area contributed by atoms with Gasteiger partial charge in [0.05, 0.1) is 10.9 Å². The number of rotatable bonds is 4. The molecule has 1 aromatic rings. The highest BCUT2D eigenvalue weighted by Gasteiger charge is 2.19. The number of nitrogens with zero attached hydrogens (tertiary/aromatic N) is 2. The minimum atomic E-state index is -3.05. The van der Waals surface area contributed by atoms with Crippen LogP contribution in [-0.4, -0.2) is 23.2 Å². The summed E-state index contributed by atoms with van der Waals surface area (Å²) in [7, 11) is -3.05. The van der Waals surface area contributed by atoms with Crippen molar-refractivity contribution in [2.75, 3.05) is 0 Å². The van der Waals surface area contributed by atoms with E-state index in [4.69, 9.17) is 0 Å². The van der Waals surface area contributed by atoms with Crippen molar-refractivity contribution in [1.82, 2.24) is 9.55 Å². The maximum absolute atomic E-state index is 11.7. The second-order valence-corrected chi connectivity index (χ2v) is 6.50. The molecule has 0 atom stereocenters. The lowest BCUT2D eigenvalue weighted by atomic mass is 10.6. The fraction of sp³-hybridized carbons (Fsp3) is 0.700. The van der Waals surface area contributed by atoms with Gasteiger partial charge in [-0.1, -0.05) is 0 Å². The molecule has 0 aliphatic carbocycles. The van der Waals surface area contributed by atoms with Gasteiger partial charge in [0.2, 0.25) is 0 Å². The van der Waals surface area contributed by atoms with Gasteiger partial charge in [-0.25, -0.2) is 13.4 Å². The molecule has 15 heavy (non-hydrogen) atoms. The Morgan fingerprint density at radius 2 is 2.07 bits per heavy atom. The largest absolute Gasteiger partial charge is 0.334 e. The van der Waals surface area contributed by atoms with E-state index in [-0.39, 0.29) is 11.0 Å². The first-order valence-corrected chi connectivity index (χ1v) is 6.82. The standard InChI is InChI=1S/C10H18N2O2S/c1-5-12-6-9(4)11-10(12)7-15(13,14)8(2)3/h6,8H,5,7H2,1-4H3. The van der Waals surface area contributed by atoms with E-state index < -0.39 is 9.84 Å². The number of sulfone groups is 1. The van der Waals surface area contributed by atoms with Crippen molar-refractivity contribution in [3.05, 3.63) is 17.7 Å². The monoisotopic (exact) mass is 230 g/mol. The average Bonchev–Trinajstić information content (AvgIpc) is 2.44. The summed E-state index contributed by atoms with van der Waals surface area (Å²) in [5.74, 6) is 0.676. The second-order valence-electron chi connectivity index (χ2n) is 3.94. The van der Waals surface area contributed by atoms with Crippen LogP contribution in [0.4, 0.5) is 0 Å². The number of hydrogen-bond donors (Lipinski definition) is 0. The summed E-state index contributed by atoms with van der Waals surface area (Å²) in [4.78, 5) is 4.23. The molecule has 0 aromatic carbocycles. The lowest BCUT2D eigenvalue weighted by molar-refractivity contribution is 0.582. The van der Waals surface area contributed by atoms with Gasteiger partial charge < -0.3 is 4.57 Å². The van der Waals surface area contributed by atoms with Crippen LogP contribution in [0, 0.1) is 6.92 Å². The van der Waals surface area contributed by atoms with Gasteiger partial charge in [0.1, 0.15) is 11.6 Å². The Morgan fingerprint density at radius 1 is 1.47 bits per heavy atom. The molecule has 0 spiro atoms. The molecule has 0 unspecified atom stereocenters. The summed E-state index contributed by atoms with van der Waals surface area (Å²) >= 11 is 0. The van der Waals surface area contributed by atoms with Crippen molar-refractivity contribution < 1.29 is 8.42 Å². The Labute approximate surface area is 91.3 Å². The maximum Gasteiger partial charge on any atom is 0.159 e. The van der Waals surface area contributed by atoms with E-state index in [2.05, 4.69) is 4.98 Å². The molecule has 4 nitrogen and oxygen atoms in total. The van der Waals surface area contributed by atoms with Crippen molar-refractivity contribution in [3.63, 3.8) is 0 Å². The SMILES string of the molecule is CCn1cc(C)nc1CS(=O)(=O)C(C)C. The van der Waals surface area contributed by atoms with Crippen molar-refractivity contribution in [1.29, 1.82) is 0 Å². The Bertz CT molecular complexity index is 432. The van der Waals surface area contributed by atoms with E-state index in [0.29, 0.717) is 5.82 Å². The predicted molar refractivity (Wildman–Crippen MR) is 60.4 cm³/mol. The predicted octanol–water partition coefficient (Wildman–Crippen LogP) is 1.53. The summed E-state index contributed by atoms with van der Waals surface area (Å²) < 4.78 is 25.3. The minimum absolute atomic E-state index is 0.0341. The third-order valence-corrected chi connectivity index (χ3v) is 4.47. The van der Waals surface area contributed by atoms with E-state index in [1.165, 1.54) is 0 Å². The first-order valence-electron chi connectivity index (χ1n) is 5.11. The van der Waals surface area contributed by atoms with Crippen molar-refractivity contribution in [3.8, 4) is 0 Å². The number of hydrogen-bond acceptors (Lipinski definition) is 3. The molecule has 0 fully saturated rings. The molecule has 1 aromatic heterocycles. The van der Waals surface area contributed by atoms with Crippen molar-refractivity contribution >= 4 is 9.84 Å². The summed E-state index contributed by atoms with van der Waals surface area (Å²) in [5.41, 5.74) is 0.866. The second kappa shape index (κ2) is 4.35. The Morgan fingerprint density at radius 3 is 2.53 bits per heavy atom. The Balaban J connectivity index is 2.99. The third kappa shape index (κ3) is 2.81. The highest BCUT2D eigenvalue weighted by atomic mass is 32.2. The van der Waals surface area contributed by atoms with Gasteiger partial charge in [-0.15, -0.1) is 0 Å². The molecule has 0 aliphatic heterocycles. The molecule has 0 saturated carbocycles. The first kappa shape index (κ1) is 12.2. The van der Waals surface area contributed by atoms with Crippen LogP contribution in [0.15, 0.2) is 6.20 Å². The zero-order valence-corrected chi connectivity index (χ0v) is 10.5. The van der Waals surface area contributed by atoms with Gasteiger partial charge in [0, 0.05) is 12.7 Å². The molecule has 0 bridgehead atoms. The van der Waals surface area contributed by atoms with Crippen LogP contribution in [-0.2, 0) is 22.1 Å². The zero-order chi connectivity index (χ0) is 11.6. The summed E-state index contributed by atoms with van der Waals surface area (Å²) in [6.45, 7) is 8.00.